The van der Waals surface area contributed by atoms with Gasteiger partial charge in [-0.3, -0.25) is 0 Å². The second kappa shape index (κ2) is 4.63. The molecule has 1 aliphatic rings. The molecule has 4 heteroatoms. The minimum atomic E-state index is -0.252. The number of pyridine rings is 1. The van der Waals surface area contributed by atoms with Crippen molar-refractivity contribution in [3.8, 4) is 0 Å². The molecule has 1 aromatic rings. The van der Waals surface area contributed by atoms with Crippen molar-refractivity contribution in [3.05, 3.63) is 23.9 Å². The van der Waals surface area contributed by atoms with Gasteiger partial charge in [-0.1, -0.05) is 6.07 Å². The zero-order valence-electron chi connectivity index (χ0n) is 10.7. The van der Waals surface area contributed by atoms with Crippen LogP contribution in [0.1, 0.15) is 19.4 Å². The Morgan fingerprint density at radius 2 is 2.29 bits per heavy atom. The van der Waals surface area contributed by atoms with Crippen molar-refractivity contribution >= 4 is 5.82 Å². The zero-order valence-corrected chi connectivity index (χ0v) is 10.7. The van der Waals surface area contributed by atoms with Gasteiger partial charge in [0.2, 0.25) is 0 Å². The van der Waals surface area contributed by atoms with Gasteiger partial charge in [0.1, 0.15) is 5.82 Å². The van der Waals surface area contributed by atoms with E-state index in [1.807, 2.05) is 33.0 Å². The highest BCUT2D eigenvalue weighted by Crippen LogP contribution is 2.24. The van der Waals surface area contributed by atoms with Gasteiger partial charge in [-0.25, -0.2) is 4.98 Å². The number of aromatic nitrogens is 1. The molecule has 94 valence electrons. The van der Waals surface area contributed by atoms with Crippen LogP contribution < -0.4 is 4.90 Å². The van der Waals surface area contributed by atoms with E-state index in [1.165, 1.54) is 0 Å². The summed E-state index contributed by atoms with van der Waals surface area (Å²) in [4.78, 5) is 6.60. The standard InChI is InChI=1S/C13H20N2O2/c1-10-4-5-12(14-6-10)15-7-11(8-16)17-13(2,3)9-15/h4-6,11,16H,7-9H2,1-3H3. The lowest BCUT2D eigenvalue weighted by molar-refractivity contribution is -0.101. The van der Waals surface area contributed by atoms with E-state index >= 15 is 0 Å². The van der Waals surface area contributed by atoms with E-state index in [-0.39, 0.29) is 18.3 Å². The number of rotatable bonds is 2. The van der Waals surface area contributed by atoms with Crippen LogP contribution in [0.2, 0.25) is 0 Å². The summed E-state index contributed by atoms with van der Waals surface area (Å²) in [5.74, 6) is 0.949. The molecule has 0 aromatic carbocycles. The van der Waals surface area contributed by atoms with Crippen molar-refractivity contribution < 1.29 is 9.84 Å². The van der Waals surface area contributed by atoms with Crippen LogP contribution in [0, 0.1) is 6.92 Å². The fourth-order valence-corrected chi connectivity index (χ4v) is 2.21. The summed E-state index contributed by atoms with van der Waals surface area (Å²) in [6.45, 7) is 7.63. The summed E-state index contributed by atoms with van der Waals surface area (Å²) >= 11 is 0. The second-order valence-corrected chi connectivity index (χ2v) is 5.26. The van der Waals surface area contributed by atoms with E-state index in [0.717, 1.165) is 17.9 Å². The van der Waals surface area contributed by atoms with Gasteiger partial charge < -0.3 is 14.7 Å². The molecule has 0 aliphatic carbocycles. The molecule has 0 saturated carbocycles. The van der Waals surface area contributed by atoms with Gasteiger partial charge in [0.25, 0.3) is 0 Å². The molecule has 0 spiro atoms. The van der Waals surface area contributed by atoms with Crippen LogP contribution in [0.25, 0.3) is 0 Å². The number of aliphatic hydroxyl groups is 1. The number of aliphatic hydroxyl groups excluding tert-OH is 1. The highest BCUT2D eigenvalue weighted by atomic mass is 16.5. The highest BCUT2D eigenvalue weighted by molar-refractivity contribution is 5.40. The smallest absolute Gasteiger partial charge is 0.128 e. The molecule has 17 heavy (non-hydrogen) atoms. The van der Waals surface area contributed by atoms with Crippen molar-refractivity contribution in [2.24, 2.45) is 0 Å². The normalized spacial score (nSPS) is 23.8. The van der Waals surface area contributed by atoms with E-state index in [9.17, 15) is 5.11 Å². The number of nitrogens with zero attached hydrogens (tertiary/aromatic N) is 2. The first-order chi connectivity index (χ1) is 8.00. The lowest BCUT2D eigenvalue weighted by atomic mass is 10.1. The number of hydrogen-bond donors (Lipinski definition) is 1. The molecular weight excluding hydrogens is 216 g/mol. The largest absolute Gasteiger partial charge is 0.394 e. The molecule has 2 heterocycles. The third kappa shape index (κ3) is 2.96. The van der Waals surface area contributed by atoms with Gasteiger partial charge in [-0.05, 0) is 32.4 Å². The number of ether oxygens (including phenoxy) is 1. The molecule has 1 aliphatic heterocycles. The number of aryl methyl sites for hydroxylation is 1. The molecule has 4 nitrogen and oxygen atoms in total. The zero-order chi connectivity index (χ0) is 12.5. The molecule has 0 bridgehead atoms. The highest BCUT2D eigenvalue weighted by Gasteiger charge is 2.33. The monoisotopic (exact) mass is 236 g/mol. The third-order valence-corrected chi connectivity index (χ3v) is 2.90. The van der Waals surface area contributed by atoms with Crippen molar-refractivity contribution in [1.82, 2.24) is 4.98 Å². The molecule has 0 radical (unpaired) electrons. The van der Waals surface area contributed by atoms with Crippen LogP contribution >= 0.6 is 0 Å². The quantitative estimate of drug-likeness (QED) is 0.842. The van der Waals surface area contributed by atoms with Gasteiger partial charge in [0.15, 0.2) is 0 Å². The summed E-state index contributed by atoms with van der Waals surface area (Å²) in [6.07, 6.45) is 1.73. The maximum Gasteiger partial charge on any atom is 0.128 e. The summed E-state index contributed by atoms with van der Waals surface area (Å²) in [6, 6.07) is 4.07. The Balaban J connectivity index is 2.17. The lowest BCUT2D eigenvalue weighted by Crippen LogP contribution is -2.54. The fraction of sp³-hybridized carbons (Fsp3) is 0.615. The molecule has 1 atom stereocenters. The summed E-state index contributed by atoms with van der Waals surface area (Å²) < 4.78 is 5.78. The Bertz CT molecular complexity index is 376. The maximum absolute atomic E-state index is 9.26. The lowest BCUT2D eigenvalue weighted by Gasteiger charge is -2.42. The minimum Gasteiger partial charge on any atom is -0.394 e. The van der Waals surface area contributed by atoms with Crippen molar-refractivity contribution in [1.29, 1.82) is 0 Å². The van der Waals surface area contributed by atoms with Crippen LogP contribution in [-0.4, -0.2) is 41.5 Å². The Morgan fingerprint density at radius 3 is 2.88 bits per heavy atom. The van der Waals surface area contributed by atoms with Gasteiger partial charge in [0.05, 0.1) is 18.3 Å². The van der Waals surface area contributed by atoms with Crippen LogP contribution in [0.15, 0.2) is 18.3 Å². The average molecular weight is 236 g/mol. The van der Waals surface area contributed by atoms with E-state index in [0.29, 0.717) is 6.54 Å². The first-order valence-corrected chi connectivity index (χ1v) is 5.96. The van der Waals surface area contributed by atoms with E-state index in [2.05, 4.69) is 16.0 Å². The topological polar surface area (TPSA) is 45.6 Å². The predicted molar refractivity (Wildman–Crippen MR) is 67.2 cm³/mol. The third-order valence-electron chi connectivity index (χ3n) is 2.90. The van der Waals surface area contributed by atoms with Crippen LogP contribution in [-0.2, 0) is 4.74 Å². The Morgan fingerprint density at radius 1 is 1.53 bits per heavy atom. The van der Waals surface area contributed by atoms with Gasteiger partial charge in [0, 0.05) is 19.3 Å². The minimum absolute atomic E-state index is 0.0474. The van der Waals surface area contributed by atoms with E-state index < -0.39 is 0 Å². The van der Waals surface area contributed by atoms with E-state index in [4.69, 9.17) is 4.74 Å². The first kappa shape index (κ1) is 12.3. The Kier molecular flexibility index (Phi) is 3.35. The van der Waals surface area contributed by atoms with Gasteiger partial charge in [-0.2, -0.15) is 0 Å². The molecular formula is C13H20N2O2. The van der Waals surface area contributed by atoms with Crippen molar-refractivity contribution in [2.45, 2.75) is 32.5 Å². The predicted octanol–water partition coefficient (Wildman–Crippen LogP) is 1.37. The van der Waals surface area contributed by atoms with Crippen LogP contribution in [0.3, 0.4) is 0 Å². The summed E-state index contributed by atoms with van der Waals surface area (Å²) in [5.41, 5.74) is 0.901. The SMILES string of the molecule is Cc1ccc(N2CC(CO)OC(C)(C)C2)nc1. The van der Waals surface area contributed by atoms with Gasteiger partial charge >= 0.3 is 0 Å². The molecule has 1 unspecified atom stereocenters. The molecule has 1 aromatic heterocycles. The number of anilines is 1. The van der Waals surface area contributed by atoms with Crippen molar-refractivity contribution in [3.63, 3.8) is 0 Å². The number of morpholine rings is 1. The fourth-order valence-electron chi connectivity index (χ4n) is 2.21. The average Bonchev–Trinajstić information content (AvgIpc) is 2.27. The molecule has 1 fully saturated rings. The number of hydrogen-bond acceptors (Lipinski definition) is 4. The molecule has 1 saturated heterocycles. The van der Waals surface area contributed by atoms with Gasteiger partial charge in [-0.15, -0.1) is 0 Å². The summed E-state index contributed by atoms with van der Waals surface area (Å²) in [5, 5.41) is 9.26. The first-order valence-electron chi connectivity index (χ1n) is 5.96. The Labute approximate surface area is 102 Å². The maximum atomic E-state index is 9.26. The Hall–Kier alpha value is -1.13. The summed E-state index contributed by atoms with van der Waals surface area (Å²) in [7, 11) is 0. The van der Waals surface area contributed by atoms with Crippen molar-refractivity contribution in [2.75, 3.05) is 24.6 Å². The molecule has 1 N–H and O–H groups in total. The molecule has 2 rings (SSSR count). The van der Waals surface area contributed by atoms with E-state index in [1.54, 1.807) is 0 Å². The second-order valence-electron chi connectivity index (χ2n) is 5.26. The van der Waals surface area contributed by atoms with Crippen LogP contribution in [0.4, 0.5) is 5.82 Å². The molecule has 0 amide bonds. The van der Waals surface area contributed by atoms with Crippen LogP contribution in [0.5, 0.6) is 0 Å².